The van der Waals surface area contributed by atoms with Crippen LogP contribution in [0.4, 0.5) is 0 Å². The predicted octanol–water partition coefficient (Wildman–Crippen LogP) is 3.07. The second-order valence-electron chi connectivity index (χ2n) is 6.64. The number of phenolic OH excluding ortho intramolecular Hbond substituents is 1. The lowest BCUT2D eigenvalue weighted by atomic mass is 9.83. The Hall–Kier alpha value is -2.40. The van der Waals surface area contributed by atoms with E-state index in [4.69, 9.17) is 14.2 Å². The van der Waals surface area contributed by atoms with Gasteiger partial charge in [0.2, 0.25) is 0 Å². The van der Waals surface area contributed by atoms with Crippen molar-refractivity contribution in [1.29, 1.82) is 0 Å². The molecule has 0 aromatic heterocycles. The predicted molar refractivity (Wildman–Crippen MR) is 94.8 cm³/mol. The highest BCUT2D eigenvalue weighted by molar-refractivity contribution is 5.52. The highest BCUT2D eigenvalue weighted by atomic mass is 16.5. The summed E-state index contributed by atoms with van der Waals surface area (Å²) in [5, 5.41) is 10.2. The van der Waals surface area contributed by atoms with E-state index >= 15 is 0 Å². The first-order valence-electron chi connectivity index (χ1n) is 8.52. The minimum Gasteiger partial charge on any atom is -0.504 e. The van der Waals surface area contributed by atoms with Gasteiger partial charge < -0.3 is 19.3 Å². The molecular weight excluding hydrogens is 318 g/mol. The molecule has 2 aromatic rings. The Balaban J connectivity index is 1.75. The molecule has 0 fully saturated rings. The van der Waals surface area contributed by atoms with Crippen LogP contribution in [0.5, 0.6) is 23.0 Å². The summed E-state index contributed by atoms with van der Waals surface area (Å²) in [5.74, 6) is 2.30. The quantitative estimate of drug-likeness (QED) is 0.930. The van der Waals surface area contributed by atoms with Crippen molar-refractivity contribution >= 4 is 0 Å². The number of rotatable bonds is 3. The summed E-state index contributed by atoms with van der Waals surface area (Å²) in [7, 11) is 4.93. The number of nitrogens with zero attached hydrogens (tertiary/aromatic N) is 1. The van der Waals surface area contributed by atoms with Crippen LogP contribution in [0.15, 0.2) is 24.3 Å². The maximum Gasteiger partial charge on any atom is 0.161 e. The van der Waals surface area contributed by atoms with Gasteiger partial charge in [-0.1, -0.05) is 0 Å². The van der Waals surface area contributed by atoms with Gasteiger partial charge in [-0.2, -0.15) is 0 Å². The van der Waals surface area contributed by atoms with E-state index in [9.17, 15) is 5.11 Å². The zero-order valence-corrected chi connectivity index (χ0v) is 14.8. The van der Waals surface area contributed by atoms with Crippen LogP contribution < -0.4 is 14.2 Å². The molecule has 2 aromatic carbocycles. The molecule has 5 heteroatoms. The zero-order chi connectivity index (χ0) is 17.6. The standard InChI is InChI=1S/C20H23NO4/c1-23-18-7-12-4-5-21-11-14-9-20(25-3)19(24-2)8-13(14)6-16(21)15(12)10-17(18)22/h7-10,16,22H,4-6,11H2,1-3H3/t16-/m1/s1. The highest BCUT2D eigenvalue weighted by Crippen LogP contribution is 2.44. The van der Waals surface area contributed by atoms with Crippen molar-refractivity contribution in [1.82, 2.24) is 4.90 Å². The third-order valence-electron chi connectivity index (χ3n) is 5.40. The number of benzene rings is 2. The van der Waals surface area contributed by atoms with Crippen LogP contribution in [-0.4, -0.2) is 37.9 Å². The van der Waals surface area contributed by atoms with Gasteiger partial charge in [0.1, 0.15) is 0 Å². The van der Waals surface area contributed by atoms with Crippen molar-refractivity contribution in [3.05, 3.63) is 46.5 Å². The van der Waals surface area contributed by atoms with Gasteiger partial charge in [0.25, 0.3) is 0 Å². The molecule has 2 aliphatic heterocycles. The lowest BCUT2D eigenvalue weighted by Gasteiger charge is -2.41. The second kappa shape index (κ2) is 6.15. The average molecular weight is 341 g/mol. The number of aromatic hydroxyl groups is 1. The van der Waals surface area contributed by atoms with Crippen LogP contribution in [0.25, 0.3) is 0 Å². The monoisotopic (exact) mass is 341 g/mol. The number of fused-ring (bicyclic) bond motifs is 4. The molecule has 5 nitrogen and oxygen atoms in total. The van der Waals surface area contributed by atoms with Gasteiger partial charge in [0.15, 0.2) is 23.0 Å². The summed E-state index contributed by atoms with van der Waals surface area (Å²) in [6.45, 7) is 1.88. The SMILES string of the molecule is COc1cc2c(cc1O)[C@H]1Cc3cc(OC)c(OC)cc3CN1CC2. The van der Waals surface area contributed by atoms with E-state index in [-0.39, 0.29) is 11.8 Å². The van der Waals surface area contributed by atoms with Crippen LogP contribution in [0.1, 0.15) is 28.3 Å². The van der Waals surface area contributed by atoms with Crippen molar-refractivity contribution in [3.63, 3.8) is 0 Å². The van der Waals surface area contributed by atoms with Gasteiger partial charge in [-0.05, 0) is 59.4 Å². The molecule has 25 heavy (non-hydrogen) atoms. The van der Waals surface area contributed by atoms with Crippen LogP contribution >= 0.6 is 0 Å². The molecule has 2 aliphatic rings. The summed E-state index contributed by atoms with van der Waals surface area (Å²) in [6.07, 6.45) is 1.86. The molecule has 0 saturated carbocycles. The molecule has 0 spiro atoms. The van der Waals surface area contributed by atoms with Crippen LogP contribution in [0, 0.1) is 0 Å². The Labute approximate surface area is 147 Å². The maximum absolute atomic E-state index is 10.2. The van der Waals surface area contributed by atoms with E-state index in [1.807, 2.05) is 12.1 Å². The van der Waals surface area contributed by atoms with Crippen LogP contribution in [-0.2, 0) is 19.4 Å². The molecule has 0 saturated heterocycles. The topological polar surface area (TPSA) is 51.2 Å². The second-order valence-corrected chi connectivity index (χ2v) is 6.64. The fourth-order valence-corrected chi connectivity index (χ4v) is 4.09. The first-order chi connectivity index (χ1) is 12.1. The number of phenols is 1. The van der Waals surface area contributed by atoms with Crippen molar-refractivity contribution in [2.45, 2.75) is 25.4 Å². The molecule has 1 N–H and O–H groups in total. The van der Waals surface area contributed by atoms with Gasteiger partial charge in [0, 0.05) is 19.1 Å². The number of methoxy groups -OCH3 is 3. The summed E-state index contributed by atoms with van der Waals surface area (Å²) in [5.41, 5.74) is 5.03. The normalized spacial score (nSPS) is 18.8. The average Bonchev–Trinajstić information content (AvgIpc) is 2.64. The molecule has 132 valence electrons. The van der Waals surface area contributed by atoms with Crippen molar-refractivity contribution < 1.29 is 19.3 Å². The third kappa shape index (κ3) is 2.59. The zero-order valence-electron chi connectivity index (χ0n) is 14.8. The van der Waals surface area contributed by atoms with Gasteiger partial charge in [-0.25, -0.2) is 0 Å². The van der Waals surface area contributed by atoms with Crippen molar-refractivity contribution in [2.75, 3.05) is 27.9 Å². The van der Waals surface area contributed by atoms with E-state index in [0.29, 0.717) is 5.75 Å². The highest BCUT2D eigenvalue weighted by Gasteiger charge is 2.33. The van der Waals surface area contributed by atoms with Gasteiger partial charge in [0.05, 0.1) is 21.3 Å². The lowest BCUT2D eigenvalue weighted by molar-refractivity contribution is 0.160. The molecule has 0 aliphatic carbocycles. The van der Waals surface area contributed by atoms with E-state index < -0.39 is 0 Å². The summed E-state index contributed by atoms with van der Waals surface area (Å²) in [6, 6.07) is 8.29. The van der Waals surface area contributed by atoms with E-state index in [1.54, 1.807) is 21.3 Å². The minimum absolute atomic E-state index is 0.209. The van der Waals surface area contributed by atoms with E-state index in [0.717, 1.165) is 37.4 Å². The molecule has 0 unspecified atom stereocenters. The Morgan fingerprint density at radius 1 is 0.880 bits per heavy atom. The Morgan fingerprint density at radius 2 is 1.52 bits per heavy atom. The minimum atomic E-state index is 0.209. The van der Waals surface area contributed by atoms with E-state index in [2.05, 4.69) is 17.0 Å². The number of hydrogen-bond acceptors (Lipinski definition) is 5. The number of hydrogen-bond donors (Lipinski definition) is 1. The smallest absolute Gasteiger partial charge is 0.161 e. The molecule has 1 atom stereocenters. The van der Waals surface area contributed by atoms with Crippen molar-refractivity contribution in [3.8, 4) is 23.0 Å². The summed E-state index contributed by atoms with van der Waals surface area (Å²) < 4.78 is 16.2. The van der Waals surface area contributed by atoms with Gasteiger partial charge in [-0.3, -0.25) is 4.90 Å². The molecule has 2 heterocycles. The number of ether oxygens (including phenoxy) is 3. The fraction of sp³-hybridized carbons (Fsp3) is 0.400. The Morgan fingerprint density at radius 3 is 2.20 bits per heavy atom. The Kier molecular flexibility index (Phi) is 3.96. The van der Waals surface area contributed by atoms with Crippen molar-refractivity contribution in [2.24, 2.45) is 0 Å². The maximum atomic E-state index is 10.2. The largest absolute Gasteiger partial charge is 0.504 e. The van der Waals surface area contributed by atoms with Gasteiger partial charge >= 0.3 is 0 Å². The molecule has 0 radical (unpaired) electrons. The van der Waals surface area contributed by atoms with E-state index in [1.165, 1.54) is 22.3 Å². The first kappa shape index (κ1) is 16.1. The molecular formula is C20H23NO4. The first-order valence-corrected chi connectivity index (χ1v) is 8.52. The third-order valence-corrected chi connectivity index (χ3v) is 5.40. The summed E-state index contributed by atoms with van der Waals surface area (Å²) >= 11 is 0. The fourth-order valence-electron chi connectivity index (χ4n) is 4.09. The molecule has 0 amide bonds. The molecule has 4 rings (SSSR count). The van der Waals surface area contributed by atoms with Crippen LogP contribution in [0.2, 0.25) is 0 Å². The lowest BCUT2D eigenvalue weighted by Crippen LogP contribution is -2.39. The summed E-state index contributed by atoms with van der Waals surface area (Å²) in [4.78, 5) is 2.47. The van der Waals surface area contributed by atoms with Crippen LogP contribution in [0.3, 0.4) is 0 Å². The Bertz CT molecular complexity index is 818. The molecule has 0 bridgehead atoms. The van der Waals surface area contributed by atoms with Gasteiger partial charge in [-0.15, -0.1) is 0 Å².